The first-order valence-corrected chi connectivity index (χ1v) is 8.50. The van der Waals surface area contributed by atoms with Crippen LogP contribution in [0.4, 0.5) is 13.2 Å². The van der Waals surface area contributed by atoms with Gasteiger partial charge in [0.1, 0.15) is 0 Å². The summed E-state index contributed by atoms with van der Waals surface area (Å²) in [7, 11) is -4.15. The molecule has 2 heterocycles. The van der Waals surface area contributed by atoms with Crippen molar-refractivity contribution in [1.82, 2.24) is 4.31 Å². The smallest absolute Gasteiger partial charge is 0.416 e. The summed E-state index contributed by atoms with van der Waals surface area (Å²) < 4.78 is 64.9. The molecule has 1 N–H and O–H groups in total. The molecule has 1 aromatic carbocycles. The van der Waals surface area contributed by atoms with E-state index < -0.39 is 50.6 Å². The summed E-state index contributed by atoms with van der Waals surface area (Å²) >= 11 is 0. The topological polar surface area (TPSA) is 74.7 Å². The number of benzene rings is 1. The summed E-state index contributed by atoms with van der Waals surface area (Å²) in [6.07, 6.45) is -3.48. The number of nitrogens with zero attached hydrogens (tertiary/aromatic N) is 1. The maximum absolute atomic E-state index is 12.8. The standard InChI is InChI=1S/C14H14F3NO4S/c15-14(16,17)8-2-1-3-10(6-8)23(21,22)18-9-4-5-12(18)11(7-9)13(19)20/h1-3,6,9,11-12H,4-5,7H2,(H,19,20). The molecule has 3 unspecified atom stereocenters. The Morgan fingerprint density at radius 3 is 2.52 bits per heavy atom. The first-order valence-electron chi connectivity index (χ1n) is 7.06. The molecular formula is C14H14F3NO4S. The Morgan fingerprint density at radius 2 is 1.96 bits per heavy atom. The highest BCUT2D eigenvalue weighted by molar-refractivity contribution is 7.89. The third-order valence-electron chi connectivity index (χ3n) is 4.53. The number of rotatable bonds is 3. The summed E-state index contributed by atoms with van der Waals surface area (Å²) in [5, 5.41) is 9.17. The summed E-state index contributed by atoms with van der Waals surface area (Å²) in [4.78, 5) is 10.8. The van der Waals surface area contributed by atoms with Gasteiger partial charge in [-0.1, -0.05) is 6.07 Å². The lowest BCUT2D eigenvalue weighted by Crippen LogP contribution is -2.37. The first-order chi connectivity index (χ1) is 10.6. The molecule has 0 aromatic heterocycles. The lowest BCUT2D eigenvalue weighted by molar-refractivity contribution is -0.142. The van der Waals surface area contributed by atoms with E-state index in [1.807, 2.05) is 0 Å². The third-order valence-corrected chi connectivity index (χ3v) is 6.50. The zero-order valence-corrected chi connectivity index (χ0v) is 12.6. The van der Waals surface area contributed by atoms with Crippen LogP contribution in [0.5, 0.6) is 0 Å². The van der Waals surface area contributed by atoms with Crippen molar-refractivity contribution in [2.24, 2.45) is 5.92 Å². The minimum absolute atomic E-state index is 0.207. The number of carboxylic acids is 1. The Bertz CT molecular complexity index is 747. The van der Waals surface area contributed by atoms with Crippen molar-refractivity contribution < 1.29 is 31.5 Å². The molecule has 2 aliphatic rings. The number of halogens is 3. The fourth-order valence-electron chi connectivity index (χ4n) is 3.53. The zero-order valence-electron chi connectivity index (χ0n) is 11.8. The van der Waals surface area contributed by atoms with E-state index in [2.05, 4.69) is 0 Å². The molecule has 0 saturated carbocycles. The van der Waals surface area contributed by atoms with Gasteiger partial charge in [0.2, 0.25) is 10.0 Å². The number of hydrogen-bond donors (Lipinski definition) is 1. The van der Waals surface area contributed by atoms with Crippen molar-refractivity contribution in [2.45, 2.75) is 42.4 Å². The molecule has 126 valence electrons. The molecule has 2 fully saturated rings. The van der Waals surface area contributed by atoms with Gasteiger partial charge in [-0.05, 0) is 37.5 Å². The van der Waals surface area contributed by atoms with E-state index in [0.717, 1.165) is 22.5 Å². The molecule has 9 heteroatoms. The number of carboxylic acid groups (broad SMARTS) is 1. The van der Waals surface area contributed by atoms with Gasteiger partial charge in [-0.2, -0.15) is 17.5 Å². The number of fused-ring (bicyclic) bond motifs is 2. The number of carbonyl (C=O) groups is 1. The molecular weight excluding hydrogens is 335 g/mol. The van der Waals surface area contributed by atoms with Gasteiger partial charge in [-0.3, -0.25) is 4.79 Å². The number of alkyl halides is 3. The van der Waals surface area contributed by atoms with Gasteiger partial charge in [-0.25, -0.2) is 8.42 Å². The van der Waals surface area contributed by atoms with E-state index in [0.29, 0.717) is 18.9 Å². The predicted octanol–water partition coefficient (Wildman–Crippen LogP) is 2.33. The van der Waals surface area contributed by atoms with Gasteiger partial charge in [0.25, 0.3) is 0 Å². The second-order valence-corrected chi connectivity index (χ2v) is 7.68. The Kier molecular flexibility index (Phi) is 3.68. The van der Waals surface area contributed by atoms with E-state index in [4.69, 9.17) is 5.11 Å². The van der Waals surface area contributed by atoms with Crippen LogP contribution in [-0.4, -0.2) is 35.9 Å². The Hall–Kier alpha value is -1.61. The van der Waals surface area contributed by atoms with Crippen LogP contribution in [0, 0.1) is 5.92 Å². The number of hydrogen-bond acceptors (Lipinski definition) is 3. The quantitative estimate of drug-likeness (QED) is 0.909. The van der Waals surface area contributed by atoms with Crippen LogP contribution in [-0.2, 0) is 21.0 Å². The molecule has 2 bridgehead atoms. The number of aliphatic carboxylic acids is 1. The molecule has 2 aliphatic heterocycles. The highest BCUT2D eigenvalue weighted by Crippen LogP contribution is 2.45. The van der Waals surface area contributed by atoms with Crippen LogP contribution in [0.25, 0.3) is 0 Å². The van der Waals surface area contributed by atoms with E-state index >= 15 is 0 Å². The van der Waals surface area contributed by atoms with Crippen molar-refractivity contribution >= 4 is 16.0 Å². The van der Waals surface area contributed by atoms with Crippen molar-refractivity contribution in [1.29, 1.82) is 0 Å². The molecule has 5 nitrogen and oxygen atoms in total. The van der Waals surface area contributed by atoms with E-state index in [1.54, 1.807) is 0 Å². The van der Waals surface area contributed by atoms with Crippen molar-refractivity contribution in [3.8, 4) is 0 Å². The van der Waals surface area contributed by atoms with Gasteiger partial charge in [0.05, 0.1) is 16.4 Å². The average Bonchev–Trinajstić information content (AvgIpc) is 3.05. The van der Waals surface area contributed by atoms with Gasteiger partial charge in [0.15, 0.2) is 0 Å². The molecule has 0 aliphatic carbocycles. The molecule has 0 amide bonds. The number of sulfonamides is 1. The highest BCUT2D eigenvalue weighted by atomic mass is 32.2. The normalized spacial score (nSPS) is 28.2. The lowest BCUT2D eigenvalue weighted by Gasteiger charge is -2.23. The van der Waals surface area contributed by atoms with Crippen molar-refractivity contribution in [3.63, 3.8) is 0 Å². The monoisotopic (exact) mass is 349 g/mol. The maximum Gasteiger partial charge on any atom is 0.416 e. The van der Waals surface area contributed by atoms with Crippen LogP contribution >= 0.6 is 0 Å². The Balaban J connectivity index is 1.99. The maximum atomic E-state index is 12.8. The largest absolute Gasteiger partial charge is 0.481 e. The van der Waals surface area contributed by atoms with Crippen molar-refractivity contribution in [2.75, 3.05) is 0 Å². The Morgan fingerprint density at radius 1 is 1.26 bits per heavy atom. The summed E-state index contributed by atoms with van der Waals surface area (Å²) in [6.45, 7) is 0. The predicted molar refractivity (Wildman–Crippen MR) is 73.0 cm³/mol. The second kappa shape index (κ2) is 5.20. The van der Waals surface area contributed by atoms with Crippen LogP contribution in [0.15, 0.2) is 29.2 Å². The van der Waals surface area contributed by atoms with Crippen LogP contribution in [0.3, 0.4) is 0 Å². The summed E-state index contributed by atoms with van der Waals surface area (Å²) in [6, 6.07) is 2.42. The lowest BCUT2D eigenvalue weighted by atomic mass is 9.89. The fourth-order valence-corrected chi connectivity index (χ4v) is 5.50. The minimum atomic E-state index is -4.64. The van der Waals surface area contributed by atoms with E-state index in [9.17, 15) is 26.4 Å². The van der Waals surface area contributed by atoms with Crippen molar-refractivity contribution in [3.05, 3.63) is 29.8 Å². The molecule has 0 spiro atoms. The van der Waals surface area contributed by atoms with Crippen LogP contribution in [0.2, 0.25) is 0 Å². The molecule has 3 atom stereocenters. The fraction of sp³-hybridized carbons (Fsp3) is 0.500. The van der Waals surface area contributed by atoms with Gasteiger partial charge in [-0.15, -0.1) is 0 Å². The second-order valence-electron chi connectivity index (χ2n) is 5.84. The van der Waals surface area contributed by atoms with Gasteiger partial charge >= 0.3 is 12.1 Å². The van der Waals surface area contributed by atoms with Gasteiger partial charge in [0, 0.05) is 12.1 Å². The van der Waals surface area contributed by atoms with Crippen LogP contribution in [0.1, 0.15) is 24.8 Å². The zero-order chi connectivity index (χ0) is 17.0. The minimum Gasteiger partial charge on any atom is -0.481 e. The first kappa shape index (κ1) is 16.3. The Labute approximate surface area is 130 Å². The molecule has 23 heavy (non-hydrogen) atoms. The van der Waals surface area contributed by atoms with E-state index in [-0.39, 0.29) is 6.42 Å². The summed E-state index contributed by atoms with van der Waals surface area (Å²) in [5.74, 6) is -1.87. The molecule has 3 rings (SSSR count). The molecule has 0 radical (unpaired) electrons. The molecule has 2 saturated heterocycles. The third kappa shape index (κ3) is 2.61. The highest BCUT2D eigenvalue weighted by Gasteiger charge is 2.54. The van der Waals surface area contributed by atoms with Crippen LogP contribution < -0.4 is 0 Å². The SMILES string of the molecule is O=C(O)C1CC2CCC1N2S(=O)(=O)c1cccc(C(F)(F)F)c1. The van der Waals surface area contributed by atoms with Gasteiger partial charge < -0.3 is 5.11 Å². The molecule has 1 aromatic rings. The summed E-state index contributed by atoms with van der Waals surface area (Å²) in [5.41, 5.74) is -1.04. The average molecular weight is 349 g/mol. The van der Waals surface area contributed by atoms with E-state index in [1.165, 1.54) is 0 Å².